The van der Waals surface area contributed by atoms with Crippen LogP contribution < -0.4 is 0 Å². The molecule has 0 aromatic heterocycles. The van der Waals surface area contributed by atoms with Crippen LogP contribution in [0.15, 0.2) is 48.4 Å². The molecule has 1 rings (SSSR count). The molecule has 1 fully saturated rings. The Labute approximate surface area is 251 Å². The Morgan fingerprint density at radius 2 is 0.639 bits per heavy atom. The summed E-state index contributed by atoms with van der Waals surface area (Å²) in [7, 11) is 0. The number of hydrogen-bond donors (Lipinski definition) is 0. The normalized spacial score (nSPS) is 19.3. The van der Waals surface area contributed by atoms with E-state index in [1.807, 2.05) is 20.8 Å². The van der Waals surface area contributed by atoms with Crippen LogP contribution in [0.25, 0.3) is 0 Å². The van der Waals surface area contributed by atoms with Crippen molar-refractivity contribution in [3.05, 3.63) is 48.4 Å². The van der Waals surface area contributed by atoms with Crippen molar-refractivity contribution in [2.75, 3.05) is 0 Å². The molecule has 9 heteroatoms. The van der Waals surface area contributed by atoms with E-state index in [2.05, 4.69) is 79.5 Å². The Morgan fingerprint density at radius 1 is 0.472 bits per heavy atom. The first-order valence-corrected chi connectivity index (χ1v) is 24.3. The minimum absolute atomic E-state index is 0.0548. The van der Waals surface area contributed by atoms with E-state index < -0.39 is 20.1 Å². The molecule has 1 saturated heterocycles. The number of allylic oxidation sites excluding steroid dienone is 3. The first-order valence-electron chi connectivity index (χ1n) is 12.3. The molecule has 0 radical (unpaired) electrons. The van der Waals surface area contributed by atoms with E-state index in [0.29, 0.717) is 14.5 Å². The topological polar surface area (TPSA) is 0 Å². The molecule has 0 aromatic rings. The van der Waals surface area contributed by atoms with Crippen LogP contribution in [0.3, 0.4) is 0 Å². The van der Waals surface area contributed by atoms with Gasteiger partial charge in [-0.05, 0) is 73.0 Å². The molecule has 0 bridgehead atoms. The zero-order valence-electron chi connectivity index (χ0n) is 23.9. The second-order valence-corrected chi connectivity index (χ2v) is 33.7. The number of halogens is 6. The molecule has 0 spiro atoms. The maximum Gasteiger partial charge on any atom is 0.315 e. The molecule has 0 aromatic carbocycles. The summed E-state index contributed by atoms with van der Waals surface area (Å²) in [6.07, 6.45) is 2.40. The summed E-state index contributed by atoms with van der Waals surface area (Å²) in [5.41, 5.74) is 13.6. The largest absolute Gasteiger partial charge is 0.315 e. The quantitative estimate of drug-likeness (QED) is 0.160. The van der Waals surface area contributed by atoms with Crippen molar-refractivity contribution in [2.45, 2.75) is 102 Å². The first-order chi connectivity index (χ1) is 15.7. The van der Waals surface area contributed by atoms with E-state index in [0.717, 1.165) is 36.0 Å². The highest BCUT2D eigenvalue weighted by atomic mass is 35.7. The van der Waals surface area contributed by atoms with E-state index in [-0.39, 0.29) is 16.2 Å². The lowest BCUT2D eigenvalue weighted by Crippen LogP contribution is -2.57. The number of hydrogen-bond acceptors (Lipinski definition) is 0. The van der Waals surface area contributed by atoms with Crippen molar-refractivity contribution in [2.24, 2.45) is 16.2 Å². The molecule has 204 valence electrons. The van der Waals surface area contributed by atoms with E-state index in [4.69, 9.17) is 66.5 Å². The van der Waals surface area contributed by atoms with Gasteiger partial charge in [-0.25, -0.2) is 0 Å². The second-order valence-electron chi connectivity index (χ2n) is 13.8. The van der Waals surface area contributed by atoms with E-state index in [9.17, 15) is 0 Å². The van der Waals surface area contributed by atoms with E-state index in [1.54, 1.807) is 0 Å². The third-order valence-corrected chi connectivity index (χ3v) is 29.1. The monoisotopic (exact) mass is 660 g/mol. The van der Waals surface area contributed by atoms with Gasteiger partial charge in [-0.1, -0.05) is 62.3 Å². The lowest BCUT2D eigenvalue weighted by molar-refractivity contribution is 0.409. The van der Waals surface area contributed by atoms with Crippen LogP contribution in [0.2, 0.25) is 0 Å². The van der Waals surface area contributed by atoms with Gasteiger partial charge in [0.1, 0.15) is 0 Å². The van der Waals surface area contributed by atoms with Crippen LogP contribution in [-0.2, 0) is 0 Å². The fraction of sp³-hybridized carbons (Fsp3) is 0.667. The van der Waals surface area contributed by atoms with Crippen LogP contribution in [0.4, 0.5) is 0 Å². The van der Waals surface area contributed by atoms with Gasteiger partial charge in [-0.15, -0.1) is 83.7 Å². The molecule has 0 saturated carbocycles. The first kappa shape index (κ1) is 35.0. The highest BCUT2D eigenvalue weighted by Gasteiger charge is 2.67. The Bertz CT molecular complexity index is 908. The van der Waals surface area contributed by atoms with Gasteiger partial charge in [0.2, 0.25) is 0 Å². The highest BCUT2D eigenvalue weighted by molar-refractivity contribution is 7.78. The van der Waals surface area contributed by atoms with Crippen LogP contribution in [0.5, 0.6) is 0 Å². The van der Waals surface area contributed by atoms with Crippen LogP contribution >= 0.6 is 66.5 Å². The zero-order valence-corrected chi connectivity index (χ0v) is 31.4. The van der Waals surface area contributed by atoms with Gasteiger partial charge in [0.25, 0.3) is 0 Å². The molecule has 1 aliphatic heterocycles. The molecular formula is C27H42Cl6Si3. The SMILES string of the molecule is CC(=C=C1[Si](Cl)(Cl)C(=C=C(C)CC(C)(C)C)[Si](Cl)(Cl)C(=C=C(C)CC(C)(C)C)[Si]1(Cl)Cl)CC(C)(C)C. The predicted molar refractivity (Wildman–Crippen MR) is 173 cm³/mol. The highest BCUT2D eigenvalue weighted by Crippen LogP contribution is 2.57. The van der Waals surface area contributed by atoms with Crippen molar-refractivity contribution in [1.82, 2.24) is 0 Å². The van der Waals surface area contributed by atoms with Gasteiger partial charge in [-0.3, -0.25) is 0 Å². The van der Waals surface area contributed by atoms with Gasteiger partial charge in [0.05, 0.1) is 0 Å². The Kier molecular flexibility index (Phi) is 11.5. The van der Waals surface area contributed by atoms with Gasteiger partial charge in [0, 0.05) is 14.5 Å². The van der Waals surface area contributed by atoms with Crippen molar-refractivity contribution in [3.8, 4) is 0 Å². The van der Waals surface area contributed by atoms with Crippen LogP contribution in [-0.4, -0.2) is 20.1 Å². The van der Waals surface area contributed by atoms with Gasteiger partial charge in [0.15, 0.2) is 0 Å². The van der Waals surface area contributed by atoms with Gasteiger partial charge >= 0.3 is 20.1 Å². The second kappa shape index (κ2) is 11.8. The lowest BCUT2D eigenvalue weighted by atomic mass is 9.89. The van der Waals surface area contributed by atoms with Gasteiger partial charge in [-0.2, -0.15) is 0 Å². The number of rotatable bonds is 3. The van der Waals surface area contributed by atoms with Crippen molar-refractivity contribution < 1.29 is 0 Å². The average molecular weight is 664 g/mol. The van der Waals surface area contributed by atoms with E-state index in [1.165, 1.54) is 0 Å². The summed E-state index contributed by atoms with van der Waals surface area (Å²) in [5.74, 6) is 0. The lowest BCUT2D eigenvalue weighted by Gasteiger charge is -2.41. The standard InChI is InChI=1S/C27H42Cl6Si3/c1-19(16-25(4,5)6)13-22-34(28,29)23(14-20(2)17-26(7,8)9)36(32,33)24(35(22,30)31)15-21(3)18-27(10,11)12/h16-18H2,1-12H3. The Balaban J connectivity index is 4.28. The molecule has 1 aliphatic rings. The molecule has 0 aliphatic carbocycles. The summed E-state index contributed by atoms with van der Waals surface area (Å²) in [6.45, 7) is 15.1. The molecule has 0 amide bonds. The minimum Gasteiger partial charge on any atom is -0.134 e. The third-order valence-electron chi connectivity index (χ3n) is 5.29. The van der Waals surface area contributed by atoms with Crippen molar-refractivity contribution >= 4 is 86.6 Å². The third kappa shape index (κ3) is 9.85. The van der Waals surface area contributed by atoms with Crippen molar-refractivity contribution in [3.63, 3.8) is 0 Å². The smallest absolute Gasteiger partial charge is 0.134 e. The fourth-order valence-electron chi connectivity index (χ4n) is 4.60. The molecule has 36 heavy (non-hydrogen) atoms. The van der Waals surface area contributed by atoms with Gasteiger partial charge < -0.3 is 0 Å². The summed E-state index contributed by atoms with van der Waals surface area (Å²) in [6, 6.07) is 0. The van der Waals surface area contributed by atoms with Crippen LogP contribution in [0.1, 0.15) is 102 Å². The maximum absolute atomic E-state index is 7.27. The molecule has 0 atom stereocenters. The molecule has 0 N–H and O–H groups in total. The summed E-state index contributed by atoms with van der Waals surface area (Å²) in [5, 5.41) is 0. The zero-order chi connectivity index (χ0) is 28.7. The molecular weight excluding hydrogens is 621 g/mol. The predicted octanol–water partition coefficient (Wildman–Crippen LogP) is 11.7. The molecule has 1 heterocycles. The van der Waals surface area contributed by atoms with Crippen molar-refractivity contribution in [1.29, 1.82) is 0 Å². The average Bonchev–Trinajstić information content (AvgIpc) is 2.56. The van der Waals surface area contributed by atoms with Crippen LogP contribution in [0, 0.1) is 16.2 Å². The molecule has 0 unspecified atom stereocenters. The fourth-order valence-corrected chi connectivity index (χ4v) is 37.9. The van der Waals surface area contributed by atoms with E-state index >= 15 is 0 Å². The summed E-state index contributed by atoms with van der Waals surface area (Å²) >= 11 is 43.6. The Morgan fingerprint density at radius 3 is 0.778 bits per heavy atom. The maximum atomic E-state index is 7.27. The summed E-state index contributed by atoms with van der Waals surface area (Å²) in [4.78, 5) is 1.72. The Hall–Kier alpha value is 0.951. The summed E-state index contributed by atoms with van der Waals surface area (Å²) < 4.78 is 0. The molecule has 0 nitrogen and oxygen atoms in total. The minimum atomic E-state index is -3.50.